The summed E-state index contributed by atoms with van der Waals surface area (Å²) < 4.78 is 0. The minimum atomic E-state index is -0.592. The van der Waals surface area contributed by atoms with Crippen LogP contribution in [0.15, 0.2) is 24.3 Å². The standard InChI is InChI=1S/C20H23N3O3S/c1-20(2,3)11-8-9-13-15(10-11)27-19-16(13)18(24)21-17(22-19)12-6-4-5-7-14(12)23(25)26/h4-7,11,17,22H,8-10H2,1-3H3,(H,21,24). The fraction of sp³-hybridized carbons (Fsp3) is 0.450. The molecule has 2 aromatic rings. The number of nitrogens with zero attached hydrogens (tertiary/aromatic N) is 1. The Kier molecular flexibility index (Phi) is 4.22. The quantitative estimate of drug-likeness (QED) is 0.582. The Bertz CT molecular complexity index is 929. The van der Waals surface area contributed by atoms with Crippen molar-refractivity contribution in [3.05, 3.63) is 55.9 Å². The number of para-hydroxylation sites is 1. The number of hydrogen-bond acceptors (Lipinski definition) is 5. The first-order valence-electron chi connectivity index (χ1n) is 9.21. The molecule has 2 heterocycles. The van der Waals surface area contributed by atoms with Gasteiger partial charge in [0.25, 0.3) is 11.6 Å². The average molecular weight is 385 g/mol. The van der Waals surface area contributed by atoms with E-state index in [1.165, 1.54) is 10.9 Å². The van der Waals surface area contributed by atoms with E-state index < -0.39 is 11.1 Å². The molecule has 1 aliphatic heterocycles. The number of anilines is 1. The lowest BCUT2D eigenvalue weighted by molar-refractivity contribution is -0.385. The maximum absolute atomic E-state index is 12.8. The summed E-state index contributed by atoms with van der Waals surface area (Å²) in [6.07, 6.45) is 2.39. The zero-order valence-electron chi connectivity index (χ0n) is 15.7. The van der Waals surface area contributed by atoms with Crippen LogP contribution in [0.1, 0.15) is 59.7 Å². The first-order valence-corrected chi connectivity index (χ1v) is 10.0. The first kappa shape index (κ1) is 18.0. The number of fused-ring (bicyclic) bond motifs is 3. The second-order valence-electron chi connectivity index (χ2n) is 8.38. The van der Waals surface area contributed by atoms with E-state index in [9.17, 15) is 14.9 Å². The third-order valence-electron chi connectivity index (χ3n) is 5.71. The number of carbonyl (C=O) groups excluding carboxylic acids is 1. The highest BCUT2D eigenvalue weighted by atomic mass is 32.1. The fourth-order valence-electron chi connectivity index (χ4n) is 4.09. The molecule has 1 aliphatic carbocycles. The molecule has 1 amide bonds. The molecule has 2 unspecified atom stereocenters. The third-order valence-corrected chi connectivity index (χ3v) is 6.90. The van der Waals surface area contributed by atoms with Gasteiger partial charge in [-0.05, 0) is 42.2 Å². The van der Waals surface area contributed by atoms with Crippen LogP contribution in [-0.4, -0.2) is 10.8 Å². The highest BCUT2D eigenvalue weighted by Gasteiger charge is 2.37. The number of rotatable bonds is 2. The molecular formula is C20H23N3O3S. The normalized spacial score (nSPS) is 21.7. The molecule has 6 nitrogen and oxygen atoms in total. The van der Waals surface area contributed by atoms with Crippen molar-refractivity contribution in [3.8, 4) is 0 Å². The minimum Gasteiger partial charge on any atom is -0.352 e. The molecule has 2 N–H and O–H groups in total. The third kappa shape index (κ3) is 3.10. The van der Waals surface area contributed by atoms with Crippen molar-refractivity contribution < 1.29 is 9.72 Å². The zero-order valence-corrected chi connectivity index (χ0v) is 16.5. The fourth-order valence-corrected chi connectivity index (χ4v) is 5.44. The molecule has 2 atom stereocenters. The van der Waals surface area contributed by atoms with Gasteiger partial charge in [0.1, 0.15) is 11.2 Å². The van der Waals surface area contributed by atoms with Gasteiger partial charge in [-0.15, -0.1) is 11.3 Å². The maximum atomic E-state index is 12.8. The van der Waals surface area contributed by atoms with Crippen molar-refractivity contribution in [3.63, 3.8) is 0 Å². The monoisotopic (exact) mass is 385 g/mol. The van der Waals surface area contributed by atoms with E-state index >= 15 is 0 Å². The van der Waals surface area contributed by atoms with Crippen LogP contribution in [0.3, 0.4) is 0 Å². The molecule has 0 fully saturated rings. The largest absolute Gasteiger partial charge is 0.352 e. The average Bonchev–Trinajstić information content (AvgIpc) is 2.98. The van der Waals surface area contributed by atoms with Crippen molar-refractivity contribution in [1.29, 1.82) is 0 Å². The van der Waals surface area contributed by atoms with Crippen molar-refractivity contribution in [2.45, 2.75) is 46.2 Å². The maximum Gasteiger partial charge on any atom is 0.276 e. The van der Waals surface area contributed by atoms with Crippen LogP contribution < -0.4 is 10.6 Å². The first-order chi connectivity index (χ1) is 12.8. The molecule has 142 valence electrons. The van der Waals surface area contributed by atoms with E-state index in [2.05, 4.69) is 31.4 Å². The lowest BCUT2D eigenvalue weighted by Crippen LogP contribution is -2.38. The number of thiophene rings is 1. The molecule has 1 aromatic carbocycles. The molecule has 7 heteroatoms. The van der Waals surface area contributed by atoms with Crippen LogP contribution in [-0.2, 0) is 12.8 Å². The Morgan fingerprint density at radius 2 is 1.96 bits per heavy atom. The van der Waals surface area contributed by atoms with Crippen LogP contribution >= 0.6 is 11.3 Å². The minimum absolute atomic E-state index is 0.00728. The van der Waals surface area contributed by atoms with Gasteiger partial charge in [-0.1, -0.05) is 32.9 Å². The lowest BCUT2D eigenvalue weighted by Gasteiger charge is -2.34. The molecule has 4 rings (SSSR count). The topological polar surface area (TPSA) is 84.3 Å². The van der Waals surface area contributed by atoms with Crippen LogP contribution in [0, 0.1) is 21.4 Å². The van der Waals surface area contributed by atoms with Gasteiger partial charge in [0.05, 0.1) is 16.1 Å². The predicted octanol–water partition coefficient (Wildman–Crippen LogP) is 4.66. The molecule has 2 aliphatic rings. The van der Waals surface area contributed by atoms with Gasteiger partial charge in [0, 0.05) is 10.9 Å². The summed E-state index contributed by atoms with van der Waals surface area (Å²) in [4.78, 5) is 25.1. The Labute approximate surface area is 162 Å². The van der Waals surface area contributed by atoms with Gasteiger partial charge in [-0.3, -0.25) is 14.9 Å². The van der Waals surface area contributed by atoms with E-state index in [1.807, 2.05) is 0 Å². The van der Waals surface area contributed by atoms with Crippen molar-refractivity contribution >= 4 is 27.9 Å². The van der Waals surface area contributed by atoms with Crippen LogP contribution in [0.5, 0.6) is 0 Å². The van der Waals surface area contributed by atoms with Gasteiger partial charge in [-0.2, -0.15) is 0 Å². The van der Waals surface area contributed by atoms with Gasteiger partial charge in [0.2, 0.25) is 0 Å². The number of benzene rings is 1. The van der Waals surface area contributed by atoms with E-state index in [0.29, 0.717) is 11.5 Å². The van der Waals surface area contributed by atoms with E-state index in [1.54, 1.807) is 29.5 Å². The molecule has 0 radical (unpaired) electrons. The van der Waals surface area contributed by atoms with E-state index in [-0.39, 0.29) is 17.0 Å². The summed E-state index contributed by atoms with van der Waals surface area (Å²) in [7, 11) is 0. The van der Waals surface area contributed by atoms with Crippen LogP contribution in [0.4, 0.5) is 10.7 Å². The molecule has 0 spiro atoms. The molecule has 0 bridgehead atoms. The number of nitro groups is 1. The summed E-state index contributed by atoms with van der Waals surface area (Å²) in [5.41, 5.74) is 2.61. The highest BCUT2D eigenvalue weighted by molar-refractivity contribution is 7.16. The summed E-state index contributed by atoms with van der Waals surface area (Å²) in [5, 5.41) is 18.4. The van der Waals surface area contributed by atoms with Gasteiger partial charge >= 0.3 is 0 Å². The summed E-state index contributed by atoms with van der Waals surface area (Å²) in [6, 6.07) is 6.53. The Hall–Kier alpha value is -2.41. The van der Waals surface area contributed by atoms with Crippen LogP contribution in [0.25, 0.3) is 0 Å². The molecular weight excluding hydrogens is 362 g/mol. The Morgan fingerprint density at radius 1 is 1.22 bits per heavy atom. The zero-order chi connectivity index (χ0) is 19.3. The second-order valence-corrected chi connectivity index (χ2v) is 9.49. The van der Waals surface area contributed by atoms with Gasteiger partial charge < -0.3 is 10.6 Å². The Morgan fingerprint density at radius 3 is 2.67 bits per heavy atom. The molecule has 27 heavy (non-hydrogen) atoms. The Balaban J connectivity index is 1.68. The van der Waals surface area contributed by atoms with Gasteiger partial charge in [0.15, 0.2) is 0 Å². The van der Waals surface area contributed by atoms with E-state index in [0.717, 1.165) is 35.4 Å². The smallest absolute Gasteiger partial charge is 0.276 e. The molecule has 0 saturated carbocycles. The molecule has 1 aromatic heterocycles. The number of nitro benzene ring substituents is 1. The second kappa shape index (κ2) is 6.34. The van der Waals surface area contributed by atoms with Gasteiger partial charge in [-0.25, -0.2) is 0 Å². The number of nitrogens with one attached hydrogen (secondary N) is 2. The molecule has 0 saturated heterocycles. The SMILES string of the molecule is CC(C)(C)C1CCc2c(sc3c2C(=O)NC(c2ccccc2[N+](=O)[O-])N3)C1. The van der Waals surface area contributed by atoms with Crippen molar-refractivity contribution in [2.24, 2.45) is 11.3 Å². The summed E-state index contributed by atoms with van der Waals surface area (Å²) in [5.74, 6) is 0.456. The highest BCUT2D eigenvalue weighted by Crippen LogP contribution is 2.46. The number of amides is 1. The van der Waals surface area contributed by atoms with Crippen LogP contribution in [0.2, 0.25) is 0 Å². The lowest BCUT2D eigenvalue weighted by atomic mass is 9.72. The summed E-state index contributed by atoms with van der Waals surface area (Å²) in [6.45, 7) is 6.81. The predicted molar refractivity (Wildman–Crippen MR) is 106 cm³/mol. The van der Waals surface area contributed by atoms with Crippen molar-refractivity contribution in [2.75, 3.05) is 5.32 Å². The summed E-state index contributed by atoms with van der Waals surface area (Å²) >= 11 is 1.63. The number of carbonyl (C=O) groups is 1. The number of hydrogen-bond donors (Lipinski definition) is 2. The van der Waals surface area contributed by atoms with Crippen molar-refractivity contribution in [1.82, 2.24) is 5.32 Å². The van der Waals surface area contributed by atoms with E-state index in [4.69, 9.17) is 0 Å².